The summed E-state index contributed by atoms with van der Waals surface area (Å²) >= 11 is 0. The van der Waals surface area contributed by atoms with E-state index in [0.717, 1.165) is 16.9 Å². The number of amides is 2. The molecule has 0 radical (unpaired) electrons. The van der Waals surface area contributed by atoms with Gasteiger partial charge in [0.05, 0.1) is 11.4 Å². The van der Waals surface area contributed by atoms with E-state index in [1.165, 1.54) is 11.9 Å². The molecular weight excluding hydrogens is 416 g/mol. The number of hydrogen-bond donors (Lipinski definition) is 2. The first-order valence-corrected chi connectivity index (χ1v) is 11.1. The number of carbonyl (C=O) groups is 3. The highest BCUT2D eigenvalue weighted by Gasteiger charge is 2.51. The Bertz CT molecular complexity index is 1210. The Balaban J connectivity index is 1.60. The van der Waals surface area contributed by atoms with Crippen LogP contribution in [0.4, 0.5) is 11.4 Å². The van der Waals surface area contributed by atoms with Gasteiger partial charge >= 0.3 is 0 Å². The van der Waals surface area contributed by atoms with E-state index < -0.39 is 11.8 Å². The summed E-state index contributed by atoms with van der Waals surface area (Å²) in [6.07, 6.45) is 1.10. The number of allylic oxidation sites excluding steroid dienone is 2. The summed E-state index contributed by atoms with van der Waals surface area (Å²) in [7, 11) is 0. The molecule has 1 fully saturated rings. The fourth-order valence-electron chi connectivity index (χ4n) is 5.06. The van der Waals surface area contributed by atoms with Crippen LogP contribution in [0.3, 0.4) is 0 Å². The lowest BCUT2D eigenvalue weighted by molar-refractivity contribution is -0.120. The highest BCUT2D eigenvalue weighted by atomic mass is 16.2. The molecule has 168 valence electrons. The van der Waals surface area contributed by atoms with E-state index in [-0.39, 0.29) is 23.0 Å². The zero-order chi connectivity index (χ0) is 23.3. The van der Waals surface area contributed by atoms with E-state index in [2.05, 4.69) is 24.6 Å². The second-order valence-corrected chi connectivity index (χ2v) is 9.68. The average Bonchev–Trinajstić information content (AvgIpc) is 3.08. The molecule has 2 aromatic rings. The van der Waals surface area contributed by atoms with Gasteiger partial charge in [0, 0.05) is 30.5 Å². The molecule has 5 rings (SSSR count). The highest BCUT2D eigenvalue weighted by Crippen LogP contribution is 2.49. The van der Waals surface area contributed by atoms with Crippen LogP contribution in [0, 0.1) is 11.3 Å². The summed E-state index contributed by atoms with van der Waals surface area (Å²) in [4.78, 5) is 43.2. The highest BCUT2D eigenvalue weighted by molar-refractivity contribution is 6.19. The van der Waals surface area contributed by atoms with Gasteiger partial charge in [-0.15, -0.1) is 0 Å². The number of rotatable bonds is 3. The largest absolute Gasteiger partial charge is 0.326 e. The Labute approximate surface area is 192 Å². The van der Waals surface area contributed by atoms with Gasteiger partial charge in [-0.2, -0.15) is 0 Å². The van der Waals surface area contributed by atoms with E-state index in [0.29, 0.717) is 29.9 Å². The summed E-state index contributed by atoms with van der Waals surface area (Å²) in [5.74, 6) is -0.717. The van der Waals surface area contributed by atoms with Gasteiger partial charge in [-0.1, -0.05) is 44.2 Å². The normalized spacial score (nSPS) is 23.5. The van der Waals surface area contributed by atoms with Crippen molar-refractivity contribution >= 4 is 34.8 Å². The molecule has 2 heterocycles. The predicted octanol–water partition coefficient (Wildman–Crippen LogP) is 3.95. The number of aliphatic imine (C=N–C) groups is 1. The summed E-state index contributed by atoms with van der Waals surface area (Å²) < 4.78 is 0. The number of Topliss-reactive ketones (excluding diaryl/α,β-unsaturated/α-hetero) is 1. The predicted molar refractivity (Wildman–Crippen MR) is 127 cm³/mol. The number of anilines is 2. The Kier molecular flexibility index (Phi) is 4.92. The number of benzene rings is 2. The number of fused-ring (bicyclic) bond motifs is 1. The number of hydrogen-bond acceptors (Lipinski definition) is 5. The molecule has 0 spiro atoms. The van der Waals surface area contributed by atoms with Gasteiger partial charge < -0.3 is 5.32 Å². The number of carbonyl (C=O) groups excluding carboxylic acids is 3. The molecule has 2 aromatic carbocycles. The van der Waals surface area contributed by atoms with Crippen LogP contribution in [0.1, 0.15) is 45.1 Å². The van der Waals surface area contributed by atoms with Crippen molar-refractivity contribution < 1.29 is 14.4 Å². The lowest BCUT2D eigenvalue weighted by Gasteiger charge is -2.37. The molecule has 2 atom stereocenters. The molecule has 7 heteroatoms. The summed E-state index contributed by atoms with van der Waals surface area (Å²) in [6.45, 7) is 5.60. The molecule has 7 nitrogen and oxygen atoms in total. The Morgan fingerprint density at radius 3 is 2.39 bits per heavy atom. The van der Waals surface area contributed by atoms with E-state index in [1.54, 1.807) is 12.1 Å². The molecule has 0 bridgehead atoms. The second-order valence-electron chi connectivity index (χ2n) is 9.68. The first kappa shape index (κ1) is 21.1. The maximum atomic E-state index is 13.6. The third-order valence-corrected chi connectivity index (χ3v) is 6.41. The maximum Gasteiger partial charge on any atom is 0.257 e. The molecule has 3 aliphatic rings. The molecule has 0 aromatic heterocycles. The van der Waals surface area contributed by atoms with E-state index in [4.69, 9.17) is 4.99 Å². The van der Waals surface area contributed by atoms with Crippen LogP contribution in [-0.4, -0.2) is 23.4 Å². The SMILES string of the molecule is CC(=O)Nc1ccc(C2C3=C(CC(C)(C)CC3=O)N=C3NN(c4ccccc4)C(=O)C32)cc1. The third kappa shape index (κ3) is 3.73. The summed E-state index contributed by atoms with van der Waals surface area (Å²) in [5.41, 5.74) is 6.66. The lowest BCUT2D eigenvalue weighted by atomic mass is 9.67. The van der Waals surface area contributed by atoms with Gasteiger partial charge in [-0.25, -0.2) is 10.0 Å². The van der Waals surface area contributed by atoms with Gasteiger partial charge in [0.15, 0.2) is 5.78 Å². The fraction of sp³-hybridized carbons (Fsp3) is 0.308. The quantitative estimate of drug-likeness (QED) is 0.753. The zero-order valence-electron chi connectivity index (χ0n) is 18.9. The van der Waals surface area contributed by atoms with Crippen molar-refractivity contribution in [2.45, 2.75) is 39.5 Å². The van der Waals surface area contributed by atoms with Crippen LogP contribution in [0.25, 0.3) is 0 Å². The zero-order valence-corrected chi connectivity index (χ0v) is 18.9. The third-order valence-electron chi connectivity index (χ3n) is 6.41. The van der Waals surface area contributed by atoms with Crippen molar-refractivity contribution in [3.05, 3.63) is 71.4 Å². The van der Waals surface area contributed by atoms with Crippen molar-refractivity contribution in [3.8, 4) is 0 Å². The second kappa shape index (κ2) is 7.69. The van der Waals surface area contributed by atoms with Gasteiger partial charge in [0.1, 0.15) is 11.8 Å². The molecule has 2 amide bonds. The molecule has 1 saturated heterocycles. The molecule has 0 saturated carbocycles. The van der Waals surface area contributed by atoms with E-state index >= 15 is 0 Å². The maximum absolute atomic E-state index is 13.6. The van der Waals surface area contributed by atoms with Crippen molar-refractivity contribution in [2.24, 2.45) is 16.3 Å². The number of hydrazine groups is 1. The standard InChI is InChI=1S/C26H26N4O3/c1-15(31)27-17-11-9-16(10-12-17)21-22-19(13-26(2,3)14-20(22)32)28-24-23(21)25(33)30(29-24)18-7-5-4-6-8-18/h4-12,21,23H,13-14H2,1-3H3,(H,27,31)(H,28,29). The van der Waals surface area contributed by atoms with Crippen molar-refractivity contribution in [1.82, 2.24) is 5.43 Å². The van der Waals surface area contributed by atoms with Gasteiger partial charge in [-0.3, -0.25) is 19.8 Å². The lowest BCUT2D eigenvalue weighted by Crippen LogP contribution is -2.38. The fourth-order valence-corrected chi connectivity index (χ4v) is 5.06. The Morgan fingerprint density at radius 2 is 1.73 bits per heavy atom. The summed E-state index contributed by atoms with van der Waals surface area (Å²) in [5, 5.41) is 4.29. The van der Waals surface area contributed by atoms with Crippen LogP contribution in [0.2, 0.25) is 0 Å². The van der Waals surface area contributed by atoms with Crippen LogP contribution >= 0.6 is 0 Å². The average molecular weight is 443 g/mol. The topological polar surface area (TPSA) is 90.9 Å². The molecule has 2 N–H and O–H groups in total. The van der Waals surface area contributed by atoms with E-state index in [1.807, 2.05) is 42.5 Å². The first-order valence-electron chi connectivity index (χ1n) is 11.1. The monoisotopic (exact) mass is 442 g/mol. The summed E-state index contributed by atoms with van der Waals surface area (Å²) in [6, 6.07) is 16.8. The van der Waals surface area contributed by atoms with Crippen LogP contribution < -0.4 is 15.8 Å². The van der Waals surface area contributed by atoms with Crippen LogP contribution in [0.5, 0.6) is 0 Å². The van der Waals surface area contributed by atoms with Crippen molar-refractivity contribution in [3.63, 3.8) is 0 Å². The minimum absolute atomic E-state index is 0.0472. The molecule has 33 heavy (non-hydrogen) atoms. The Morgan fingerprint density at radius 1 is 1.03 bits per heavy atom. The van der Waals surface area contributed by atoms with E-state index in [9.17, 15) is 14.4 Å². The van der Waals surface area contributed by atoms with Crippen LogP contribution in [0.15, 0.2) is 70.9 Å². The minimum Gasteiger partial charge on any atom is -0.326 e. The molecule has 2 unspecified atom stereocenters. The molecule has 2 aliphatic heterocycles. The van der Waals surface area contributed by atoms with Gasteiger partial charge in [0.25, 0.3) is 5.91 Å². The Hall–Kier alpha value is -3.74. The number of amidine groups is 1. The van der Waals surface area contributed by atoms with Crippen LogP contribution in [-0.2, 0) is 14.4 Å². The first-order chi connectivity index (χ1) is 15.7. The molecule has 1 aliphatic carbocycles. The number of nitrogens with one attached hydrogen (secondary N) is 2. The number of nitrogens with zero attached hydrogens (tertiary/aromatic N) is 2. The van der Waals surface area contributed by atoms with Crippen molar-refractivity contribution in [1.29, 1.82) is 0 Å². The van der Waals surface area contributed by atoms with Crippen molar-refractivity contribution in [2.75, 3.05) is 10.3 Å². The van der Waals surface area contributed by atoms with Gasteiger partial charge in [0.2, 0.25) is 5.91 Å². The number of ketones is 1. The van der Waals surface area contributed by atoms with Gasteiger partial charge in [-0.05, 0) is 41.7 Å². The minimum atomic E-state index is -0.610. The number of para-hydroxylation sites is 1. The molecular formula is C26H26N4O3. The smallest absolute Gasteiger partial charge is 0.257 e.